The molecule has 1 saturated heterocycles. The molecule has 1 fully saturated rings. The molecule has 0 aromatic rings. The molecule has 0 radical (unpaired) electrons. The highest BCUT2D eigenvalue weighted by Crippen LogP contribution is 2.22. The topological polar surface area (TPSA) is 64.3 Å². The standard InChI is InChI=1S/C10H20N2O2S/c1-14-9(5-11)4-10(13)12-6-8-2-3-15-7-8/h8-9H,2-7,11H2,1H3,(H,12,13). The number of ether oxygens (including phenoxy) is 1. The van der Waals surface area contributed by atoms with Crippen molar-refractivity contribution in [3.05, 3.63) is 0 Å². The number of hydrogen-bond donors (Lipinski definition) is 2. The Kier molecular flexibility index (Phi) is 6.05. The van der Waals surface area contributed by atoms with Crippen molar-refractivity contribution in [2.45, 2.75) is 18.9 Å². The number of carbonyl (C=O) groups excluding carboxylic acids is 1. The predicted octanol–water partition coefficient (Wildman–Crippen LogP) is 0.220. The molecule has 15 heavy (non-hydrogen) atoms. The first-order valence-electron chi connectivity index (χ1n) is 5.33. The van der Waals surface area contributed by atoms with Gasteiger partial charge in [-0.25, -0.2) is 0 Å². The van der Waals surface area contributed by atoms with Crippen molar-refractivity contribution in [2.75, 3.05) is 31.7 Å². The third-order valence-corrected chi connectivity index (χ3v) is 3.85. The van der Waals surface area contributed by atoms with Gasteiger partial charge < -0.3 is 15.8 Å². The largest absolute Gasteiger partial charge is 0.380 e. The Morgan fingerprint density at radius 1 is 1.73 bits per heavy atom. The average molecular weight is 232 g/mol. The molecule has 2 unspecified atom stereocenters. The minimum absolute atomic E-state index is 0.0456. The number of nitrogens with two attached hydrogens (primary N) is 1. The van der Waals surface area contributed by atoms with Crippen molar-refractivity contribution in [1.29, 1.82) is 0 Å². The zero-order valence-electron chi connectivity index (χ0n) is 9.20. The molecule has 1 heterocycles. The van der Waals surface area contributed by atoms with Crippen LogP contribution in [0, 0.1) is 5.92 Å². The van der Waals surface area contributed by atoms with Gasteiger partial charge in [0.05, 0.1) is 12.5 Å². The summed E-state index contributed by atoms with van der Waals surface area (Å²) < 4.78 is 5.05. The third kappa shape index (κ3) is 4.86. The number of nitrogens with one attached hydrogen (secondary N) is 1. The van der Waals surface area contributed by atoms with Crippen LogP contribution in [0.3, 0.4) is 0 Å². The van der Waals surface area contributed by atoms with Crippen LogP contribution in [0.5, 0.6) is 0 Å². The fourth-order valence-corrected chi connectivity index (χ4v) is 2.83. The van der Waals surface area contributed by atoms with E-state index in [1.165, 1.54) is 17.9 Å². The maximum atomic E-state index is 11.5. The van der Waals surface area contributed by atoms with E-state index in [2.05, 4.69) is 5.32 Å². The predicted molar refractivity (Wildman–Crippen MR) is 62.9 cm³/mol. The highest BCUT2D eigenvalue weighted by Gasteiger charge is 2.17. The Balaban J connectivity index is 2.11. The number of amides is 1. The molecule has 1 amide bonds. The molecule has 4 nitrogen and oxygen atoms in total. The van der Waals surface area contributed by atoms with Gasteiger partial charge in [0.1, 0.15) is 0 Å². The maximum Gasteiger partial charge on any atom is 0.222 e. The lowest BCUT2D eigenvalue weighted by molar-refractivity contribution is -0.123. The summed E-state index contributed by atoms with van der Waals surface area (Å²) in [7, 11) is 1.58. The van der Waals surface area contributed by atoms with Gasteiger partial charge in [-0.15, -0.1) is 0 Å². The van der Waals surface area contributed by atoms with Gasteiger partial charge in [-0.2, -0.15) is 11.8 Å². The average Bonchev–Trinajstić information content (AvgIpc) is 2.75. The van der Waals surface area contributed by atoms with E-state index < -0.39 is 0 Å². The van der Waals surface area contributed by atoms with Crippen LogP contribution >= 0.6 is 11.8 Å². The Hall–Kier alpha value is -0.260. The molecule has 0 saturated carbocycles. The second kappa shape index (κ2) is 7.09. The summed E-state index contributed by atoms with van der Waals surface area (Å²) in [6.07, 6.45) is 1.44. The van der Waals surface area contributed by atoms with Crippen LogP contribution in [-0.2, 0) is 9.53 Å². The molecule has 3 N–H and O–H groups in total. The third-order valence-electron chi connectivity index (χ3n) is 2.62. The van der Waals surface area contributed by atoms with E-state index in [4.69, 9.17) is 10.5 Å². The first kappa shape index (κ1) is 12.8. The molecule has 0 aromatic carbocycles. The summed E-state index contributed by atoms with van der Waals surface area (Å²) in [6.45, 7) is 1.19. The number of carbonyl (C=O) groups is 1. The number of methoxy groups -OCH3 is 1. The second-order valence-corrected chi connectivity index (χ2v) is 4.98. The van der Waals surface area contributed by atoms with Crippen molar-refractivity contribution in [3.63, 3.8) is 0 Å². The maximum absolute atomic E-state index is 11.5. The molecule has 0 spiro atoms. The second-order valence-electron chi connectivity index (χ2n) is 3.83. The smallest absolute Gasteiger partial charge is 0.222 e. The van der Waals surface area contributed by atoms with E-state index >= 15 is 0 Å². The number of thioether (sulfide) groups is 1. The van der Waals surface area contributed by atoms with Gasteiger partial charge in [0.15, 0.2) is 0 Å². The summed E-state index contributed by atoms with van der Waals surface area (Å²) in [6, 6.07) is 0. The van der Waals surface area contributed by atoms with Crippen LogP contribution in [-0.4, -0.2) is 43.7 Å². The van der Waals surface area contributed by atoms with Crippen LogP contribution in [0.25, 0.3) is 0 Å². The molecule has 1 rings (SSSR count). The minimum atomic E-state index is -0.150. The highest BCUT2D eigenvalue weighted by molar-refractivity contribution is 7.99. The van der Waals surface area contributed by atoms with Crippen molar-refractivity contribution >= 4 is 17.7 Å². The molecule has 2 atom stereocenters. The van der Waals surface area contributed by atoms with Crippen LogP contribution in [0.15, 0.2) is 0 Å². The number of hydrogen-bond acceptors (Lipinski definition) is 4. The van der Waals surface area contributed by atoms with Gasteiger partial charge in [-0.3, -0.25) is 4.79 Å². The zero-order valence-corrected chi connectivity index (χ0v) is 10.0. The quantitative estimate of drug-likeness (QED) is 0.687. The molecule has 1 aliphatic rings. The normalized spacial score (nSPS) is 22.7. The fourth-order valence-electron chi connectivity index (χ4n) is 1.54. The van der Waals surface area contributed by atoms with Crippen molar-refractivity contribution in [1.82, 2.24) is 5.32 Å². The first-order chi connectivity index (χ1) is 7.26. The van der Waals surface area contributed by atoms with Crippen LogP contribution in [0.1, 0.15) is 12.8 Å². The first-order valence-corrected chi connectivity index (χ1v) is 6.49. The monoisotopic (exact) mass is 232 g/mol. The molecule has 88 valence electrons. The summed E-state index contributed by atoms with van der Waals surface area (Å²) in [5.41, 5.74) is 5.44. The van der Waals surface area contributed by atoms with Gasteiger partial charge in [0.25, 0.3) is 0 Å². The lowest BCUT2D eigenvalue weighted by Gasteiger charge is -2.14. The van der Waals surface area contributed by atoms with Gasteiger partial charge >= 0.3 is 0 Å². The summed E-state index contributed by atoms with van der Waals surface area (Å²) >= 11 is 1.96. The van der Waals surface area contributed by atoms with Crippen molar-refractivity contribution in [3.8, 4) is 0 Å². The van der Waals surface area contributed by atoms with Gasteiger partial charge in [-0.05, 0) is 23.8 Å². The Labute approximate surface area is 95.3 Å². The summed E-state index contributed by atoms with van der Waals surface area (Å²) in [5.74, 6) is 3.09. The Morgan fingerprint density at radius 3 is 3.07 bits per heavy atom. The Morgan fingerprint density at radius 2 is 2.53 bits per heavy atom. The molecule has 0 aromatic heterocycles. The molecular formula is C10H20N2O2S. The van der Waals surface area contributed by atoms with Crippen LogP contribution < -0.4 is 11.1 Å². The van der Waals surface area contributed by atoms with Crippen molar-refractivity contribution in [2.24, 2.45) is 11.7 Å². The summed E-state index contributed by atoms with van der Waals surface area (Å²) in [4.78, 5) is 11.5. The fraction of sp³-hybridized carbons (Fsp3) is 0.900. The SMILES string of the molecule is COC(CN)CC(=O)NCC1CCSC1. The van der Waals surface area contributed by atoms with Gasteiger partial charge in [0.2, 0.25) is 5.91 Å². The molecule has 0 bridgehead atoms. The van der Waals surface area contributed by atoms with Gasteiger partial charge in [-0.1, -0.05) is 0 Å². The van der Waals surface area contributed by atoms with E-state index in [1.807, 2.05) is 11.8 Å². The van der Waals surface area contributed by atoms with E-state index in [9.17, 15) is 4.79 Å². The molecular weight excluding hydrogens is 212 g/mol. The van der Waals surface area contributed by atoms with E-state index in [-0.39, 0.29) is 12.0 Å². The lowest BCUT2D eigenvalue weighted by Crippen LogP contribution is -2.34. The summed E-state index contributed by atoms with van der Waals surface area (Å²) in [5, 5.41) is 2.94. The molecule has 0 aliphatic carbocycles. The number of rotatable bonds is 6. The van der Waals surface area contributed by atoms with Crippen molar-refractivity contribution < 1.29 is 9.53 Å². The molecule has 1 aliphatic heterocycles. The van der Waals surface area contributed by atoms with E-state index in [1.54, 1.807) is 7.11 Å². The van der Waals surface area contributed by atoms with Crippen LogP contribution in [0.2, 0.25) is 0 Å². The van der Waals surface area contributed by atoms with Gasteiger partial charge in [0, 0.05) is 20.2 Å². The Bertz CT molecular complexity index is 192. The van der Waals surface area contributed by atoms with Crippen LogP contribution in [0.4, 0.5) is 0 Å². The molecule has 5 heteroatoms. The van der Waals surface area contributed by atoms with E-state index in [0.717, 1.165) is 6.54 Å². The van der Waals surface area contributed by atoms with E-state index in [0.29, 0.717) is 18.9 Å². The minimum Gasteiger partial charge on any atom is -0.380 e. The zero-order chi connectivity index (χ0) is 11.1. The lowest BCUT2D eigenvalue weighted by atomic mass is 10.1. The highest BCUT2D eigenvalue weighted by atomic mass is 32.2.